The number of thiophene rings is 1. The van der Waals surface area contributed by atoms with Gasteiger partial charge in [0, 0.05) is 6.54 Å². The minimum Gasteiger partial charge on any atom is -0.370 e. The van der Waals surface area contributed by atoms with Crippen LogP contribution in [0, 0.1) is 0 Å². The highest BCUT2D eigenvalue weighted by Gasteiger charge is 2.17. The molecule has 0 aromatic carbocycles. The third kappa shape index (κ3) is 6.41. The number of halogens is 1. The summed E-state index contributed by atoms with van der Waals surface area (Å²) in [6.45, 7) is 10.1. The summed E-state index contributed by atoms with van der Waals surface area (Å²) in [5.41, 5.74) is 7.20. The van der Waals surface area contributed by atoms with E-state index in [1.54, 1.807) is 11.3 Å². The number of aliphatic imine (C=N–C) groups is 1. The summed E-state index contributed by atoms with van der Waals surface area (Å²) in [4.78, 5) is 6.90. The molecule has 4 nitrogen and oxygen atoms in total. The van der Waals surface area contributed by atoms with E-state index in [-0.39, 0.29) is 24.0 Å². The van der Waals surface area contributed by atoms with Crippen LogP contribution in [0.2, 0.25) is 0 Å². The van der Waals surface area contributed by atoms with Crippen LogP contribution in [0.3, 0.4) is 0 Å². The maximum Gasteiger partial charge on any atom is 0.188 e. The Labute approximate surface area is 143 Å². The SMILES string of the molecule is CCCNC(N)=NCC(c1ccsc1)N(CC)CC.I. The van der Waals surface area contributed by atoms with E-state index in [0.717, 1.165) is 26.1 Å². The average Bonchev–Trinajstić information content (AvgIpc) is 2.94. The molecule has 0 aliphatic heterocycles. The molecule has 1 rings (SSSR count). The maximum atomic E-state index is 5.87. The lowest BCUT2D eigenvalue weighted by Gasteiger charge is -2.28. The molecule has 0 fully saturated rings. The third-order valence-corrected chi connectivity index (χ3v) is 3.87. The first-order chi connectivity index (χ1) is 9.22. The lowest BCUT2D eigenvalue weighted by atomic mass is 10.1. The molecule has 116 valence electrons. The van der Waals surface area contributed by atoms with E-state index in [1.165, 1.54) is 5.56 Å². The van der Waals surface area contributed by atoms with E-state index in [2.05, 4.69) is 52.8 Å². The van der Waals surface area contributed by atoms with Gasteiger partial charge in [0.05, 0.1) is 12.6 Å². The zero-order valence-corrected chi connectivity index (χ0v) is 15.8. The van der Waals surface area contributed by atoms with Gasteiger partial charge in [-0.05, 0) is 41.9 Å². The first-order valence-electron chi connectivity index (χ1n) is 7.02. The van der Waals surface area contributed by atoms with Gasteiger partial charge in [-0.25, -0.2) is 0 Å². The maximum absolute atomic E-state index is 5.87. The highest BCUT2D eigenvalue weighted by Crippen LogP contribution is 2.23. The van der Waals surface area contributed by atoms with Crippen molar-refractivity contribution in [2.45, 2.75) is 33.2 Å². The summed E-state index contributed by atoms with van der Waals surface area (Å²) in [6, 6.07) is 2.50. The Morgan fingerprint density at radius 3 is 2.60 bits per heavy atom. The number of nitrogens with two attached hydrogens (primary N) is 1. The van der Waals surface area contributed by atoms with E-state index in [4.69, 9.17) is 5.73 Å². The fraction of sp³-hybridized carbons (Fsp3) is 0.643. The highest BCUT2D eigenvalue weighted by molar-refractivity contribution is 14.0. The Hall–Kier alpha value is -0.340. The second-order valence-corrected chi connectivity index (χ2v) is 5.23. The van der Waals surface area contributed by atoms with Crippen molar-refractivity contribution in [1.82, 2.24) is 10.2 Å². The molecule has 0 aliphatic carbocycles. The van der Waals surface area contributed by atoms with E-state index in [9.17, 15) is 0 Å². The number of hydrogen-bond acceptors (Lipinski definition) is 3. The summed E-state index contributed by atoms with van der Waals surface area (Å²) >= 11 is 1.73. The average molecular weight is 410 g/mol. The smallest absolute Gasteiger partial charge is 0.188 e. The monoisotopic (exact) mass is 410 g/mol. The molecular weight excluding hydrogens is 383 g/mol. The standard InChI is InChI=1S/C14H26N4S.HI/c1-4-8-16-14(15)17-10-13(18(5-2)6-3)12-7-9-19-11-12;/h7,9,11,13H,4-6,8,10H2,1-3H3,(H3,15,16,17);1H. The van der Waals surface area contributed by atoms with Crippen LogP contribution in [0.1, 0.15) is 38.8 Å². The van der Waals surface area contributed by atoms with Crippen LogP contribution in [0.15, 0.2) is 21.8 Å². The van der Waals surface area contributed by atoms with Crippen LogP contribution in [-0.2, 0) is 0 Å². The molecule has 6 heteroatoms. The summed E-state index contributed by atoms with van der Waals surface area (Å²) < 4.78 is 0. The normalized spacial score (nSPS) is 13.1. The van der Waals surface area contributed by atoms with E-state index in [1.807, 2.05) is 0 Å². The number of likely N-dealkylation sites (N-methyl/N-ethyl adjacent to an activating group) is 1. The van der Waals surface area contributed by atoms with Gasteiger partial charge in [-0.1, -0.05) is 20.8 Å². The molecule has 0 saturated carbocycles. The Morgan fingerprint density at radius 1 is 1.40 bits per heavy atom. The van der Waals surface area contributed by atoms with Gasteiger partial charge in [0.1, 0.15) is 0 Å². The lowest BCUT2D eigenvalue weighted by Crippen LogP contribution is -2.35. The largest absolute Gasteiger partial charge is 0.370 e. The Bertz CT molecular complexity index is 363. The fourth-order valence-corrected chi connectivity index (χ4v) is 2.76. The summed E-state index contributed by atoms with van der Waals surface area (Å²) in [5.74, 6) is 0.550. The molecule has 0 spiro atoms. The van der Waals surface area contributed by atoms with Gasteiger partial charge in [-0.2, -0.15) is 11.3 Å². The van der Waals surface area contributed by atoms with Gasteiger partial charge in [-0.15, -0.1) is 24.0 Å². The summed E-state index contributed by atoms with van der Waals surface area (Å²) in [7, 11) is 0. The number of guanidine groups is 1. The quantitative estimate of drug-likeness (QED) is 0.394. The third-order valence-electron chi connectivity index (χ3n) is 3.17. The van der Waals surface area contributed by atoms with Crippen molar-refractivity contribution in [3.63, 3.8) is 0 Å². The van der Waals surface area contributed by atoms with E-state index in [0.29, 0.717) is 18.5 Å². The molecule has 0 saturated heterocycles. The molecule has 20 heavy (non-hydrogen) atoms. The minimum atomic E-state index is 0. The molecular formula is C14H27IN4S. The molecule has 0 amide bonds. The van der Waals surface area contributed by atoms with Crippen molar-refractivity contribution in [3.8, 4) is 0 Å². The molecule has 1 aromatic rings. The molecule has 1 unspecified atom stereocenters. The Kier molecular flexibility index (Phi) is 11.1. The lowest BCUT2D eigenvalue weighted by molar-refractivity contribution is 0.225. The van der Waals surface area contributed by atoms with Crippen molar-refractivity contribution < 1.29 is 0 Å². The van der Waals surface area contributed by atoms with Crippen LogP contribution >= 0.6 is 35.3 Å². The van der Waals surface area contributed by atoms with Gasteiger partial charge in [0.2, 0.25) is 0 Å². The van der Waals surface area contributed by atoms with Gasteiger partial charge < -0.3 is 11.1 Å². The van der Waals surface area contributed by atoms with Gasteiger partial charge in [0.15, 0.2) is 5.96 Å². The minimum absolute atomic E-state index is 0. The topological polar surface area (TPSA) is 53.6 Å². The summed E-state index contributed by atoms with van der Waals surface area (Å²) in [5, 5.41) is 7.44. The van der Waals surface area contributed by atoms with Gasteiger partial charge in [0.25, 0.3) is 0 Å². The first kappa shape index (κ1) is 19.7. The van der Waals surface area contributed by atoms with Crippen molar-refractivity contribution >= 4 is 41.3 Å². The second-order valence-electron chi connectivity index (χ2n) is 4.45. The first-order valence-corrected chi connectivity index (χ1v) is 7.97. The van der Waals surface area contributed by atoms with Crippen molar-refractivity contribution in [1.29, 1.82) is 0 Å². The number of nitrogens with one attached hydrogen (secondary N) is 1. The predicted molar refractivity (Wildman–Crippen MR) is 100 cm³/mol. The van der Waals surface area contributed by atoms with Crippen LogP contribution in [-0.4, -0.2) is 37.0 Å². The molecule has 0 bridgehead atoms. The Morgan fingerprint density at radius 2 is 2.10 bits per heavy atom. The van der Waals surface area contributed by atoms with E-state index >= 15 is 0 Å². The van der Waals surface area contributed by atoms with Crippen molar-refractivity contribution in [2.24, 2.45) is 10.7 Å². The molecule has 0 radical (unpaired) electrons. The second kappa shape index (κ2) is 11.3. The zero-order valence-electron chi connectivity index (χ0n) is 12.6. The van der Waals surface area contributed by atoms with Crippen LogP contribution in [0.4, 0.5) is 0 Å². The Balaban J connectivity index is 0.00000361. The van der Waals surface area contributed by atoms with Gasteiger partial charge in [-0.3, -0.25) is 9.89 Å². The number of nitrogens with zero attached hydrogens (tertiary/aromatic N) is 2. The molecule has 0 aliphatic rings. The van der Waals surface area contributed by atoms with Crippen LogP contribution < -0.4 is 11.1 Å². The fourth-order valence-electron chi connectivity index (χ4n) is 2.05. The van der Waals surface area contributed by atoms with Crippen LogP contribution in [0.25, 0.3) is 0 Å². The zero-order chi connectivity index (χ0) is 14.1. The van der Waals surface area contributed by atoms with Crippen LogP contribution in [0.5, 0.6) is 0 Å². The molecule has 3 N–H and O–H groups in total. The van der Waals surface area contributed by atoms with Crippen molar-refractivity contribution in [3.05, 3.63) is 22.4 Å². The summed E-state index contributed by atoms with van der Waals surface area (Å²) in [6.07, 6.45) is 1.06. The van der Waals surface area contributed by atoms with Crippen molar-refractivity contribution in [2.75, 3.05) is 26.2 Å². The predicted octanol–water partition coefficient (Wildman–Crippen LogP) is 3.06. The number of hydrogen-bond donors (Lipinski definition) is 2. The molecule has 1 atom stereocenters. The molecule has 1 heterocycles. The number of rotatable bonds is 8. The van der Waals surface area contributed by atoms with Gasteiger partial charge >= 0.3 is 0 Å². The molecule has 1 aromatic heterocycles. The van der Waals surface area contributed by atoms with E-state index < -0.39 is 0 Å². The highest BCUT2D eigenvalue weighted by atomic mass is 127.